The van der Waals surface area contributed by atoms with Gasteiger partial charge in [0.2, 0.25) is 0 Å². The number of carbonyl (C=O) groups excluding carboxylic acids is 1. The summed E-state index contributed by atoms with van der Waals surface area (Å²) in [5.74, 6) is 1.68. The molecule has 5 aromatic rings. The van der Waals surface area contributed by atoms with Crippen LogP contribution in [0.4, 0.5) is 0 Å². The van der Waals surface area contributed by atoms with Gasteiger partial charge in [0.15, 0.2) is 6.61 Å². The average molecular weight is 478 g/mol. The van der Waals surface area contributed by atoms with E-state index < -0.39 is 0 Å². The van der Waals surface area contributed by atoms with E-state index in [4.69, 9.17) is 9.72 Å². The number of imidazole rings is 1. The number of rotatable bonds is 9. The molecule has 0 aliphatic rings. The summed E-state index contributed by atoms with van der Waals surface area (Å²) in [6.45, 7) is 5.35. The van der Waals surface area contributed by atoms with Crippen molar-refractivity contribution in [3.05, 3.63) is 107 Å². The molecule has 182 valence electrons. The van der Waals surface area contributed by atoms with Crippen LogP contribution in [0, 0.1) is 13.8 Å². The first-order valence-electron chi connectivity index (χ1n) is 12.5. The molecule has 1 aromatic heterocycles. The molecule has 1 N–H and O–H groups in total. The van der Waals surface area contributed by atoms with E-state index in [1.165, 1.54) is 16.3 Å². The van der Waals surface area contributed by atoms with Gasteiger partial charge < -0.3 is 14.6 Å². The smallest absolute Gasteiger partial charge is 0.257 e. The van der Waals surface area contributed by atoms with Crippen molar-refractivity contribution in [2.75, 3.05) is 13.2 Å². The first-order valence-corrected chi connectivity index (χ1v) is 12.5. The fourth-order valence-corrected chi connectivity index (χ4v) is 4.62. The second-order valence-electron chi connectivity index (χ2n) is 9.25. The van der Waals surface area contributed by atoms with Crippen LogP contribution in [-0.4, -0.2) is 28.6 Å². The summed E-state index contributed by atoms with van der Waals surface area (Å²) in [6.07, 6.45) is 1.58. The number of para-hydroxylation sites is 2. The van der Waals surface area contributed by atoms with E-state index in [0.29, 0.717) is 6.54 Å². The quantitative estimate of drug-likeness (QED) is 0.266. The molecule has 0 atom stereocenters. The zero-order valence-corrected chi connectivity index (χ0v) is 20.8. The molecule has 0 bridgehead atoms. The van der Waals surface area contributed by atoms with Crippen LogP contribution in [0.15, 0.2) is 84.9 Å². The predicted octanol–water partition coefficient (Wildman–Crippen LogP) is 5.98. The molecule has 4 aromatic carbocycles. The van der Waals surface area contributed by atoms with Gasteiger partial charge in [0.05, 0.1) is 11.0 Å². The van der Waals surface area contributed by atoms with Crippen LogP contribution in [-0.2, 0) is 17.8 Å². The van der Waals surface area contributed by atoms with Crippen LogP contribution in [0.3, 0.4) is 0 Å². The summed E-state index contributed by atoms with van der Waals surface area (Å²) in [4.78, 5) is 17.3. The SMILES string of the molecule is Cc1ccc(C)c(OCC(=O)NCCCc2nc3ccccc3n2Cc2cccc3ccccc23)c1. The Morgan fingerprint density at radius 2 is 1.75 bits per heavy atom. The summed E-state index contributed by atoms with van der Waals surface area (Å²) in [7, 11) is 0. The minimum atomic E-state index is -0.111. The van der Waals surface area contributed by atoms with Gasteiger partial charge >= 0.3 is 0 Å². The van der Waals surface area contributed by atoms with E-state index in [2.05, 4.69) is 70.5 Å². The van der Waals surface area contributed by atoms with Crippen LogP contribution in [0.25, 0.3) is 21.8 Å². The van der Waals surface area contributed by atoms with Crippen LogP contribution < -0.4 is 10.1 Å². The topological polar surface area (TPSA) is 56.1 Å². The third-order valence-electron chi connectivity index (χ3n) is 6.54. The second-order valence-corrected chi connectivity index (χ2v) is 9.25. The summed E-state index contributed by atoms with van der Waals surface area (Å²) in [5, 5.41) is 5.49. The van der Waals surface area contributed by atoms with Gasteiger partial charge in [0.25, 0.3) is 5.91 Å². The van der Waals surface area contributed by atoms with E-state index in [9.17, 15) is 4.79 Å². The Bertz CT molecular complexity index is 1510. The second kappa shape index (κ2) is 10.6. The van der Waals surface area contributed by atoms with Gasteiger partial charge in [0, 0.05) is 19.5 Å². The molecule has 5 heteroatoms. The highest BCUT2D eigenvalue weighted by Gasteiger charge is 2.13. The van der Waals surface area contributed by atoms with Crippen molar-refractivity contribution in [3.63, 3.8) is 0 Å². The first-order chi connectivity index (χ1) is 17.6. The fourth-order valence-electron chi connectivity index (χ4n) is 4.62. The van der Waals surface area contributed by atoms with E-state index in [1.807, 2.05) is 38.1 Å². The van der Waals surface area contributed by atoms with Crippen molar-refractivity contribution >= 4 is 27.7 Å². The van der Waals surface area contributed by atoms with E-state index in [1.54, 1.807) is 0 Å². The molecular formula is C31H31N3O2. The number of nitrogens with one attached hydrogen (secondary N) is 1. The molecule has 0 unspecified atom stereocenters. The molecule has 0 radical (unpaired) electrons. The third kappa shape index (κ3) is 5.25. The molecule has 1 heterocycles. The molecule has 0 saturated carbocycles. The highest BCUT2D eigenvalue weighted by Crippen LogP contribution is 2.24. The Hall–Kier alpha value is -4.12. The molecule has 0 spiro atoms. The Balaban J connectivity index is 1.24. The maximum Gasteiger partial charge on any atom is 0.257 e. The van der Waals surface area contributed by atoms with Crippen LogP contribution in [0.2, 0.25) is 0 Å². The summed E-state index contributed by atoms with van der Waals surface area (Å²) >= 11 is 0. The fraction of sp³-hybridized carbons (Fsp3) is 0.226. The lowest BCUT2D eigenvalue weighted by atomic mass is 10.0. The lowest BCUT2D eigenvalue weighted by Crippen LogP contribution is -2.30. The summed E-state index contributed by atoms with van der Waals surface area (Å²) in [6, 6.07) is 29.2. The average Bonchev–Trinajstić information content (AvgIpc) is 3.24. The van der Waals surface area contributed by atoms with Crippen molar-refractivity contribution in [1.29, 1.82) is 0 Å². The van der Waals surface area contributed by atoms with Crippen LogP contribution in [0.5, 0.6) is 5.75 Å². The monoisotopic (exact) mass is 477 g/mol. The molecule has 0 saturated heterocycles. The van der Waals surface area contributed by atoms with Crippen LogP contribution >= 0.6 is 0 Å². The predicted molar refractivity (Wildman–Crippen MR) is 146 cm³/mol. The van der Waals surface area contributed by atoms with Gasteiger partial charge in [-0.15, -0.1) is 0 Å². The number of benzene rings is 4. The minimum absolute atomic E-state index is 0.0177. The van der Waals surface area contributed by atoms with Gasteiger partial charge in [0.1, 0.15) is 11.6 Å². The maximum atomic E-state index is 12.3. The summed E-state index contributed by atoms with van der Waals surface area (Å²) in [5.41, 5.74) is 5.54. The number of fused-ring (bicyclic) bond motifs is 2. The van der Waals surface area contributed by atoms with Crippen molar-refractivity contribution < 1.29 is 9.53 Å². The largest absolute Gasteiger partial charge is 0.483 e. The standard InChI is InChI=1S/C31H31N3O2/c1-22-16-17-23(2)29(19-22)36-21-31(35)32-18-8-15-30-33-27-13-5-6-14-28(27)34(30)20-25-11-7-10-24-9-3-4-12-26(24)25/h3-7,9-14,16-17,19H,8,15,18,20-21H2,1-2H3,(H,32,35). The molecule has 1 amide bonds. The molecule has 0 fully saturated rings. The molecular weight excluding hydrogens is 446 g/mol. The minimum Gasteiger partial charge on any atom is -0.483 e. The van der Waals surface area contributed by atoms with Crippen molar-refractivity contribution in [2.24, 2.45) is 0 Å². The number of amides is 1. The summed E-state index contributed by atoms with van der Waals surface area (Å²) < 4.78 is 8.03. The normalized spacial score (nSPS) is 11.2. The third-order valence-corrected chi connectivity index (χ3v) is 6.54. The van der Waals surface area contributed by atoms with Gasteiger partial charge in [-0.25, -0.2) is 4.98 Å². The van der Waals surface area contributed by atoms with Crippen molar-refractivity contribution in [1.82, 2.24) is 14.9 Å². The van der Waals surface area contributed by atoms with E-state index in [0.717, 1.165) is 53.1 Å². The van der Waals surface area contributed by atoms with E-state index >= 15 is 0 Å². The van der Waals surface area contributed by atoms with Gasteiger partial charge in [-0.05, 0) is 65.9 Å². The highest BCUT2D eigenvalue weighted by molar-refractivity contribution is 5.86. The zero-order chi connectivity index (χ0) is 24.9. The number of nitrogens with zero attached hydrogens (tertiary/aromatic N) is 2. The van der Waals surface area contributed by atoms with Crippen molar-refractivity contribution in [3.8, 4) is 5.75 Å². The molecule has 0 aliphatic heterocycles. The number of hydrogen-bond donors (Lipinski definition) is 1. The molecule has 5 rings (SSSR count). The number of hydrogen-bond acceptors (Lipinski definition) is 3. The van der Waals surface area contributed by atoms with Gasteiger partial charge in [-0.2, -0.15) is 0 Å². The highest BCUT2D eigenvalue weighted by atomic mass is 16.5. The Morgan fingerprint density at radius 3 is 2.67 bits per heavy atom. The molecule has 0 aliphatic carbocycles. The number of ether oxygens (including phenoxy) is 1. The lowest BCUT2D eigenvalue weighted by molar-refractivity contribution is -0.123. The van der Waals surface area contributed by atoms with Crippen molar-refractivity contribution in [2.45, 2.75) is 33.2 Å². The lowest BCUT2D eigenvalue weighted by Gasteiger charge is -2.12. The number of aryl methyl sites for hydroxylation is 3. The maximum absolute atomic E-state index is 12.3. The van der Waals surface area contributed by atoms with E-state index in [-0.39, 0.29) is 12.5 Å². The number of aromatic nitrogens is 2. The molecule has 5 nitrogen and oxygen atoms in total. The Labute approximate surface area is 211 Å². The Morgan fingerprint density at radius 1 is 0.944 bits per heavy atom. The number of carbonyl (C=O) groups is 1. The van der Waals surface area contributed by atoms with Gasteiger partial charge in [-0.1, -0.05) is 66.7 Å². The van der Waals surface area contributed by atoms with Crippen LogP contribution in [0.1, 0.15) is 28.9 Å². The first kappa shape index (κ1) is 23.6. The molecule has 36 heavy (non-hydrogen) atoms. The Kier molecular flexibility index (Phi) is 6.99. The van der Waals surface area contributed by atoms with Gasteiger partial charge in [-0.3, -0.25) is 4.79 Å². The zero-order valence-electron chi connectivity index (χ0n) is 20.8.